The second kappa shape index (κ2) is 5.60. The van der Waals surface area contributed by atoms with Crippen molar-refractivity contribution in [1.29, 1.82) is 0 Å². The minimum Gasteiger partial charge on any atom is -0.465 e. The van der Waals surface area contributed by atoms with E-state index in [1.54, 1.807) is 0 Å². The zero-order valence-corrected chi connectivity index (χ0v) is 13.0. The summed E-state index contributed by atoms with van der Waals surface area (Å²) >= 11 is 6.29. The summed E-state index contributed by atoms with van der Waals surface area (Å²) in [6, 6.07) is 4.11. The van der Waals surface area contributed by atoms with Crippen molar-refractivity contribution in [1.82, 2.24) is 0 Å². The number of hydrogen-bond acceptors (Lipinski definition) is 6. The van der Waals surface area contributed by atoms with Crippen LogP contribution in [0.3, 0.4) is 0 Å². The highest BCUT2D eigenvalue weighted by Crippen LogP contribution is 2.41. The second-order valence-corrected chi connectivity index (χ2v) is 6.87. The van der Waals surface area contributed by atoms with Gasteiger partial charge in [0.1, 0.15) is 5.56 Å². The number of thiophene rings is 1. The molecule has 0 unspecified atom stereocenters. The van der Waals surface area contributed by atoms with Gasteiger partial charge in [0.05, 0.1) is 7.11 Å². The first-order valence-electron chi connectivity index (χ1n) is 5.38. The van der Waals surface area contributed by atoms with Gasteiger partial charge >= 0.3 is 21.6 Å². The molecule has 0 saturated heterocycles. The maximum atomic E-state index is 12.4. The number of methoxy groups -OCH3 is 1. The molecule has 1 aromatic carbocycles. The molecule has 1 heterocycles. The number of rotatable bonds is 3. The molecule has 0 radical (unpaired) electrons. The Hall–Kier alpha value is -1.52. The number of benzene rings is 1. The maximum Gasteiger partial charge on any atom is 0.534 e. The minimum atomic E-state index is -5.90. The summed E-state index contributed by atoms with van der Waals surface area (Å²) in [5.74, 6) is -1.03. The number of fused-ring (bicyclic) bond motifs is 1. The van der Waals surface area contributed by atoms with Gasteiger partial charge < -0.3 is 8.92 Å². The molecule has 0 aliphatic rings. The van der Waals surface area contributed by atoms with Gasteiger partial charge in [-0.2, -0.15) is 21.6 Å². The van der Waals surface area contributed by atoms with Crippen molar-refractivity contribution in [3.63, 3.8) is 0 Å². The first-order valence-corrected chi connectivity index (χ1v) is 7.98. The van der Waals surface area contributed by atoms with Gasteiger partial charge in [-0.05, 0) is 12.1 Å². The van der Waals surface area contributed by atoms with Crippen molar-refractivity contribution in [2.24, 2.45) is 0 Å². The van der Waals surface area contributed by atoms with E-state index in [0.717, 1.165) is 7.11 Å². The van der Waals surface area contributed by atoms with Gasteiger partial charge in [0, 0.05) is 15.1 Å². The van der Waals surface area contributed by atoms with Crippen LogP contribution in [0.5, 0.6) is 5.06 Å². The highest BCUT2D eigenvalue weighted by atomic mass is 35.5. The molecule has 0 aliphatic heterocycles. The quantitative estimate of drug-likeness (QED) is 0.466. The van der Waals surface area contributed by atoms with Crippen molar-refractivity contribution >= 4 is 49.1 Å². The zero-order chi connectivity index (χ0) is 16.7. The second-order valence-electron chi connectivity index (χ2n) is 3.88. The molecule has 11 heteroatoms. The van der Waals surface area contributed by atoms with Crippen LogP contribution in [0, 0.1) is 0 Å². The van der Waals surface area contributed by atoms with Crippen molar-refractivity contribution in [3.05, 3.63) is 28.8 Å². The average Bonchev–Trinajstić information content (AvgIpc) is 2.72. The summed E-state index contributed by atoms with van der Waals surface area (Å²) in [6.45, 7) is 0. The molecule has 0 spiro atoms. The van der Waals surface area contributed by atoms with Crippen LogP contribution in [0.4, 0.5) is 13.2 Å². The Morgan fingerprint density at radius 3 is 2.50 bits per heavy atom. The minimum absolute atomic E-state index is 0.175. The Kier molecular flexibility index (Phi) is 4.28. The normalized spacial score (nSPS) is 12.4. The van der Waals surface area contributed by atoms with E-state index >= 15 is 0 Å². The van der Waals surface area contributed by atoms with E-state index in [4.69, 9.17) is 11.6 Å². The highest BCUT2D eigenvalue weighted by molar-refractivity contribution is 7.88. The largest absolute Gasteiger partial charge is 0.534 e. The monoisotopic (exact) mass is 374 g/mol. The fraction of sp³-hybridized carbons (Fsp3) is 0.182. The summed E-state index contributed by atoms with van der Waals surface area (Å²) in [5.41, 5.74) is -6.03. The number of esters is 1. The zero-order valence-electron chi connectivity index (χ0n) is 10.6. The molecule has 2 rings (SSSR count). The third-order valence-corrected chi connectivity index (χ3v) is 4.80. The Balaban J connectivity index is 2.65. The van der Waals surface area contributed by atoms with Crippen LogP contribution in [0.2, 0.25) is 5.02 Å². The Bertz CT molecular complexity index is 841. The van der Waals surface area contributed by atoms with Crippen LogP contribution in [-0.2, 0) is 14.9 Å². The van der Waals surface area contributed by atoms with E-state index in [-0.39, 0.29) is 15.1 Å². The molecule has 0 amide bonds. The fourth-order valence-electron chi connectivity index (χ4n) is 1.55. The van der Waals surface area contributed by atoms with Crippen LogP contribution in [0.1, 0.15) is 10.4 Å². The average molecular weight is 375 g/mol. The number of carbonyl (C=O) groups is 1. The summed E-state index contributed by atoms with van der Waals surface area (Å²) in [5, 5.41) is -0.300. The van der Waals surface area contributed by atoms with E-state index in [9.17, 15) is 26.4 Å². The number of hydrogen-bond donors (Lipinski definition) is 0. The molecule has 0 N–H and O–H groups in total. The standard InChI is InChI=1S/C11H6ClF3O5S2/c1-19-9(16)8-6-3-2-5(12)4-7(6)21-10(8)20-22(17,18)11(13,14)15/h2-4H,1H3. The SMILES string of the molecule is COC(=O)c1c(OS(=O)(=O)C(F)(F)F)sc2cc(Cl)ccc12. The van der Waals surface area contributed by atoms with Gasteiger partial charge in [-0.15, -0.1) is 0 Å². The molecule has 0 saturated carbocycles. The predicted molar refractivity (Wildman–Crippen MR) is 73.8 cm³/mol. The van der Waals surface area contributed by atoms with Crippen LogP contribution < -0.4 is 4.18 Å². The van der Waals surface area contributed by atoms with Crippen molar-refractivity contribution in [3.8, 4) is 5.06 Å². The molecule has 5 nitrogen and oxygen atoms in total. The summed E-state index contributed by atoms with van der Waals surface area (Å²) in [4.78, 5) is 11.7. The Morgan fingerprint density at radius 1 is 1.32 bits per heavy atom. The number of halogens is 4. The topological polar surface area (TPSA) is 69.7 Å². The first-order chi connectivity index (χ1) is 10.1. The molecule has 0 atom stereocenters. The Morgan fingerprint density at radius 2 is 1.95 bits per heavy atom. The van der Waals surface area contributed by atoms with Crippen LogP contribution in [0.15, 0.2) is 18.2 Å². The van der Waals surface area contributed by atoms with E-state index in [2.05, 4.69) is 8.92 Å². The van der Waals surface area contributed by atoms with Crippen molar-refractivity contribution in [2.45, 2.75) is 5.51 Å². The van der Waals surface area contributed by atoms with Crippen molar-refractivity contribution < 1.29 is 35.3 Å². The molecule has 22 heavy (non-hydrogen) atoms. The molecule has 2 aromatic rings. The maximum absolute atomic E-state index is 12.4. The molecule has 1 aromatic heterocycles. The lowest BCUT2D eigenvalue weighted by atomic mass is 10.2. The lowest BCUT2D eigenvalue weighted by Crippen LogP contribution is -2.28. The third-order valence-electron chi connectivity index (χ3n) is 2.48. The first kappa shape index (κ1) is 16.8. The van der Waals surface area contributed by atoms with E-state index in [1.807, 2.05) is 0 Å². The van der Waals surface area contributed by atoms with Gasteiger partial charge in [0.15, 0.2) is 0 Å². The lowest BCUT2D eigenvalue weighted by Gasteiger charge is -2.08. The summed E-state index contributed by atoms with van der Waals surface area (Å²) in [6.07, 6.45) is 0. The van der Waals surface area contributed by atoms with E-state index < -0.39 is 32.2 Å². The highest BCUT2D eigenvalue weighted by Gasteiger charge is 2.49. The Labute approximate surface area is 131 Å². The van der Waals surface area contributed by atoms with Gasteiger partial charge in [-0.25, -0.2) is 4.79 Å². The molecule has 0 fully saturated rings. The van der Waals surface area contributed by atoms with Crippen LogP contribution in [0.25, 0.3) is 10.1 Å². The van der Waals surface area contributed by atoms with Gasteiger partial charge in [0.2, 0.25) is 5.06 Å². The number of ether oxygens (including phenoxy) is 1. The smallest absolute Gasteiger partial charge is 0.465 e. The molecule has 120 valence electrons. The molecular formula is C11H6ClF3O5S2. The van der Waals surface area contributed by atoms with Gasteiger partial charge in [-0.1, -0.05) is 29.0 Å². The predicted octanol–water partition coefficient (Wildman–Crippen LogP) is 3.57. The van der Waals surface area contributed by atoms with E-state index in [1.165, 1.54) is 18.2 Å². The summed E-state index contributed by atoms with van der Waals surface area (Å²) in [7, 11) is -4.90. The number of carbonyl (C=O) groups excluding carboxylic acids is 1. The lowest BCUT2D eigenvalue weighted by molar-refractivity contribution is -0.0499. The molecular weight excluding hydrogens is 369 g/mol. The number of alkyl halides is 3. The fourth-order valence-corrected chi connectivity index (χ4v) is 3.53. The van der Waals surface area contributed by atoms with Gasteiger partial charge in [0.25, 0.3) is 0 Å². The third kappa shape index (κ3) is 2.99. The van der Waals surface area contributed by atoms with E-state index in [0.29, 0.717) is 11.3 Å². The molecule has 0 bridgehead atoms. The van der Waals surface area contributed by atoms with Crippen molar-refractivity contribution in [2.75, 3.05) is 7.11 Å². The summed E-state index contributed by atoms with van der Waals surface area (Å²) < 4.78 is 68.2. The van der Waals surface area contributed by atoms with Gasteiger partial charge in [-0.3, -0.25) is 0 Å². The van der Waals surface area contributed by atoms with Crippen LogP contribution >= 0.6 is 22.9 Å². The molecule has 0 aliphatic carbocycles. The van der Waals surface area contributed by atoms with Crippen LogP contribution in [-0.4, -0.2) is 27.0 Å².